The van der Waals surface area contributed by atoms with Gasteiger partial charge in [0, 0.05) is 24.7 Å². The fourth-order valence-corrected chi connectivity index (χ4v) is 5.52. The van der Waals surface area contributed by atoms with Crippen LogP contribution in [0.5, 0.6) is 0 Å². The maximum absolute atomic E-state index is 13.7. The summed E-state index contributed by atoms with van der Waals surface area (Å²) in [6.45, 7) is 4.69. The molecule has 0 spiro atoms. The molecule has 1 fully saturated rings. The molecule has 0 aliphatic heterocycles. The Balaban J connectivity index is 1.92. The van der Waals surface area contributed by atoms with Gasteiger partial charge >= 0.3 is 0 Å². The molecule has 1 N–H and O–H groups in total. The van der Waals surface area contributed by atoms with Crippen molar-refractivity contribution in [2.75, 3.05) is 17.1 Å². The predicted octanol–water partition coefficient (Wildman–Crippen LogP) is 3.84. The lowest BCUT2D eigenvalue weighted by Gasteiger charge is -2.33. The number of nitrogens with one attached hydrogen (secondary N) is 1. The molecular formula is C27H36N4O6S. The van der Waals surface area contributed by atoms with Gasteiger partial charge in [-0.3, -0.25) is 24.0 Å². The number of sulfonamides is 1. The number of hydrogen-bond acceptors (Lipinski definition) is 6. The van der Waals surface area contributed by atoms with Crippen LogP contribution in [0, 0.1) is 24.0 Å². The molecule has 0 radical (unpaired) electrons. The molecule has 0 saturated heterocycles. The van der Waals surface area contributed by atoms with E-state index in [2.05, 4.69) is 5.32 Å². The summed E-state index contributed by atoms with van der Waals surface area (Å²) in [5.74, 6) is -0.886. The van der Waals surface area contributed by atoms with Crippen LogP contribution in [-0.2, 0) is 26.2 Å². The summed E-state index contributed by atoms with van der Waals surface area (Å²) in [4.78, 5) is 39.0. The lowest BCUT2D eigenvalue weighted by molar-refractivity contribution is -0.384. The minimum absolute atomic E-state index is 0.0460. The number of benzene rings is 2. The second-order valence-electron chi connectivity index (χ2n) is 10.0. The van der Waals surface area contributed by atoms with E-state index in [1.807, 2.05) is 31.2 Å². The first-order valence-corrected chi connectivity index (χ1v) is 14.6. The van der Waals surface area contributed by atoms with Crippen molar-refractivity contribution >= 4 is 33.2 Å². The van der Waals surface area contributed by atoms with Gasteiger partial charge in [-0.2, -0.15) is 0 Å². The molecule has 11 heteroatoms. The van der Waals surface area contributed by atoms with Crippen molar-refractivity contribution < 1.29 is 22.9 Å². The summed E-state index contributed by atoms with van der Waals surface area (Å²) < 4.78 is 26.4. The zero-order chi connectivity index (χ0) is 28.0. The molecule has 206 valence electrons. The van der Waals surface area contributed by atoms with Crippen LogP contribution in [0.25, 0.3) is 0 Å². The topological polar surface area (TPSA) is 130 Å². The summed E-state index contributed by atoms with van der Waals surface area (Å²) in [6.07, 6.45) is 5.94. The van der Waals surface area contributed by atoms with Gasteiger partial charge in [-0.05, 0) is 44.7 Å². The molecule has 3 rings (SSSR count). The Labute approximate surface area is 224 Å². The van der Waals surface area contributed by atoms with Gasteiger partial charge in [0.25, 0.3) is 5.69 Å². The molecule has 1 atom stereocenters. The first kappa shape index (κ1) is 29.1. The van der Waals surface area contributed by atoms with Gasteiger partial charge in [-0.25, -0.2) is 8.42 Å². The lowest BCUT2D eigenvalue weighted by Crippen LogP contribution is -2.53. The van der Waals surface area contributed by atoms with Gasteiger partial charge < -0.3 is 10.2 Å². The van der Waals surface area contributed by atoms with Crippen LogP contribution in [-0.4, -0.2) is 54.9 Å². The highest BCUT2D eigenvalue weighted by molar-refractivity contribution is 7.92. The normalized spacial score (nSPS) is 14.9. The molecule has 0 heterocycles. The van der Waals surface area contributed by atoms with Gasteiger partial charge in [-0.1, -0.05) is 55.2 Å². The van der Waals surface area contributed by atoms with E-state index in [0.29, 0.717) is 5.56 Å². The fourth-order valence-electron chi connectivity index (χ4n) is 4.62. The summed E-state index contributed by atoms with van der Waals surface area (Å²) >= 11 is 0. The van der Waals surface area contributed by atoms with E-state index in [4.69, 9.17) is 0 Å². The Morgan fingerprint density at radius 2 is 1.71 bits per heavy atom. The number of nitro groups is 1. The van der Waals surface area contributed by atoms with Gasteiger partial charge in [0.2, 0.25) is 21.8 Å². The number of anilines is 1. The number of hydrogen-bond donors (Lipinski definition) is 1. The first-order chi connectivity index (χ1) is 17.9. The van der Waals surface area contributed by atoms with Crippen LogP contribution in [0.4, 0.5) is 11.4 Å². The molecule has 0 aromatic heterocycles. The Morgan fingerprint density at radius 3 is 2.29 bits per heavy atom. The van der Waals surface area contributed by atoms with Crippen LogP contribution in [0.2, 0.25) is 0 Å². The Kier molecular flexibility index (Phi) is 9.48. The smallest absolute Gasteiger partial charge is 0.271 e. The Hall–Kier alpha value is -3.47. The van der Waals surface area contributed by atoms with Crippen molar-refractivity contribution in [2.24, 2.45) is 0 Å². The number of aryl methyl sites for hydroxylation is 2. The average Bonchev–Trinajstić information content (AvgIpc) is 2.86. The maximum atomic E-state index is 13.7. The van der Waals surface area contributed by atoms with E-state index in [-0.39, 0.29) is 29.9 Å². The molecule has 2 aromatic carbocycles. The van der Waals surface area contributed by atoms with E-state index < -0.39 is 33.4 Å². The lowest BCUT2D eigenvalue weighted by atomic mass is 9.95. The molecule has 0 bridgehead atoms. The molecule has 1 aliphatic rings. The summed E-state index contributed by atoms with van der Waals surface area (Å²) in [5.41, 5.74) is 2.05. The Morgan fingerprint density at radius 1 is 1.08 bits per heavy atom. The number of rotatable bonds is 10. The van der Waals surface area contributed by atoms with Crippen molar-refractivity contribution in [3.63, 3.8) is 0 Å². The second-order valence-corrected chi connectivity index (χ2v) is 11.9. The molecule has 1 saturated carbocycles. The van der Waals surface area contributed by atoms with E-state index in [0.717, 1.165) is 59.9 Å². The van der Waals surface area contributed by atoms with Gasteiger partial charge in [0.1, 0.15) is 12.6 Å². The largest absolute Gasteiger partial charge is 0.352 e. The van der Waals surface area contributed by atoms with Crippen LogP contribution in [0.3, 0.4) is 0 Å². The number of amides is 2. The number of non-ortho nitro benzene ring substituents is 1. The maximum Gasteiger partial charge on any atom is 0.271 e. The molecule has 0 unspecified atom stereocenters. The highest BCUT2D eigenvalue weighted by atomic mass is 32.2. The number of carbonyl (C=O) groups excluding carboxylic acids is 2. The fraction of sp³-hybridized carbons (Fsp3) is 0.481. The number of nitrogens with zero attached hydrogens (tertiary/aromatic N) is 3. The molecular weight excluding hydrogens is 508 g/mol. The van der Waals surface area contributed by atoms with Crippen molar-refractivity contribution in [3.05, 3.63) is 69.3 Å². The first-order valence-electron chi connectivity index (χ1n) is 12.7. The van der Waals surface area contributed by atoms with E-state index in [9.17, 15) is 28.1 Å². The Bertz CT molecular complexity index is 1270. The third-order valence-electron chi connectivity index (χ3n) is 6.94. The highest BCUT2D eigenvalue weighted by Gasteiger charge is 2.32. The third kappa shape index (κ3) is 7.53. The van der Waals surface area contributed by atoms with Crippen LogP contribution in [0.15, 0.2) is 42.5 Å². The van der Waals surface area contributed by atoms with E-state index in [1.165, 1.54) is 17.0 Å². The zero-order valence-corrected chi connectivity index (χ0v) is 23.2. The van der Waals surface area contributed by atoms with Crippen molar-refractivity contribution in [2.45, 2.75) is 71.5 Å². The van der Waals surface area contributed by atoms with Gasteiger partial charge in [-0.15, -0.1) is 0 Å². The van der Waals surface area contributed by atoms with Gasteiger partial charge in [0.05, 0.1) is 16.9 Å². The zero-order valence-electron chi connectivity index (χ0n) is 22.3. The van der Waals surface area contributed by atoms with Crippen LogP contribution in [0.1, 0.15) is 55.7 Å². The third-order valence-corrected chi connectivity index (χ3v) is 8.07. The molecule has 2 aromatic rings. The van der Waals surface area contributed by atoms with E-state index in [1.54, 1.807) is 13.8 Å². The van der Waals surface area contributed by atoms with Crippen molar-refractivity contribution in [3.8, 4) is 0 Å². The predicted molar refractivity (Wildman–Crippen MR) is 146 cm³/mol. The second kappa shape index (κ2) is 12.4. The highest BCUT2D eigenvalue weighted by Crippen LogP contribution is 2.28. The molecule has 10 nitrogen and oxygen atoms in total. The minimum Gasteiger partial charge on any atom is -0.352 e. The van der Waals surface area contributed by atoms with Crippen LogP contribution < -0.4 is 9.62 Å². The number of nitro benzene ring substituents is 1. The van der Waals surface area contributed by atoms with Crippen molar-refractivity contribution in [1.82, 2.24) is 10.2 Å². The summed E-state index contributed by atoms with van der Waals surface area (Å²) in [5, 5.41) is 14.4. The van der Waals surface area contributed by atoms with Crippen molar-refractivity contribution in [1.29, 1.82) is 0 Å². The SMILES string of the molecule is Cc1ccc(CN(C(=O)CN(c2cc([N+](=O)[O-])ccc2C)S(C)(=O)=O)[C@H](C)C(=O)NC2CCCCC2)cc1. The van der Waals surface area contributed by atoms with Gasteiger partial charge in [0.15, 0.2) is 0 Å². The molecule has 38 heavy (non-hydrogen) atoms. The number of carbonyl (C=O) groups is 2. The average molecular weight is 545 g/mol. The quantitative estimate of drug-likeness (QED) is 0.357. The summed E-state index contributed by atoms with van der Waals surface area (Å²) in [6, 6.07) is 10.6. The molecule has 2 amide bonds. The minimum atomic E-state index is -4.00. The van der Waals surface area contributed by atoms with Crippen LogP contribution >= 0.6 is 0 Å². The summed E-state index contributed by atoms with van der Waals surface area (Å²) in [7, 11) is -4.00. The monoisotopic (exact) mass is 544 g/mol. The van der Waals surface area contributed by atoms with E-state index >= 15 is 0 Å². The molecule has 1 aliphatic carbocycles. The standard InChI is InChI=1S/C27H36N4O6S/c1-19-10-13-22(14-11-19)17-29(21(3)27(33)28-23-8-6-5-7-9-23)26(32)18-30(38(4,36)37)25-16-24(31(34)35)15-12-20(25)2/h10-16,21,23H,5-9,17-18H2,1-4H3,(H,28,33)/t21-/m1/s1.